The van der Waals surface area contributed by atoms with Gasteiger partial charge in [0, 0.05) is 33.7 Å². The Bertz CT molecular complexity index is 1660. The smallest absolute Gasteiger partial charge is 0.302 e. The van der Waals surface area contributed by atoms with Crippen LogP contribution in [-0.4, -0.2) is 27.0 Å². The second-order valence-corrected chi connectivity index (χ2v) is 9.10. The Morgan fingerprint density at radius 3 is 2.55 bits per heavy atom. The Labute approximate surface area is 222 Å². The van der Waals surface area contributed by atoms with Crippen LogP contribution in [0.4, 0.5) is 11.7 Å². The number of para-hydroxylation sites is 2. The maximum Gasteiger partial charge on any atom is 0.302 e. The summed E-state index contributed by atoms with van der Waals surface area (Å²) in [6, 6.07) is 22.0. The number of hydrogen-bond donors (Lipinski definition) is 4. The van der Waals surface area contributed by atoms with Crippen molar-refractivity contribution in [3.05, 3.63) is 107 Å². The Kier molecular flexibility index (Phi) is 6.11. The number of aliphatic imine (C=N–C) groups is 1. The number of halogens is 1. The van der Waals surface area contributed by atoms with Crippen molar-refractivity contribution in [1.82, 2.24) is 20.5 Å². The van der Waals surface area contributed by atoms with E-state index in [1.54, 1.807) is 12.3 Å². The van der Waals surface area contributed by atoms with Crippen LogP contribution in [0.15, 0.2) is 106 Å². The van der Waals surface area contributed by atoms with Gasteiger partial charge in [-0.05, 0) is 42.8 Å². The van der Waals surface area contributed by atoms with Crippen molar-refractivity contribution in [3.63, 3.8) is 0 Å². The van der Waals surface area contributed by atoms with Crippen molar-refractivity contribution >= 4 is 46.3 Å². The zero-order valence-corrected chi connectivity index (χ0v) is 21.0. The molecule has 0 aliphatic carbocycles. The molecule has 0 fully saturated rings. The van der Waals surface area contributed by atoms with Crippen molar-refractivity contribution < 1.29 is 9.21 Å². The molecule has 1 amide bonds. The highest BCUT2D eigenvalue weighted by Crippen LogP contribution is 2.35. The highest BCUT2D eigenvalue weighted by molar-refractivity contribution is 6.31. The predicted molar refractivity (Wildman–Crippen MR) is 148 cm³/mol. The summed E-state index contributed by atoms with van der Waals surface area (Å²) in [5, 5.41) is 16.6. The van der Waals surface area contributed by atoms with E-state index in [2.05, 4.69) is 31.1 Å². The van der Waals surface area contributed by atoms with E-state index >= 15 is 0 Å². The summed E-state index contributed by atoms with van der Waals surface area (Å²) in [5.74, 6) is 0.0978. The van der Waals surface area contributed by atoms with Gasteiger partial charge in [0.1, 0.15) is 11.6 Å². The molecule has 1 aliphatic heterocycles. The largest absolute Gasteiger partial charge is 0.423 e. The van der Waals surface area contributed by atoms with Crippen molar-refractivity contribution in [1.29, 1.82) is 0 Å². The number of aromatic amines is 1. The van der Waals surface area contributed by atoms with Crippen molar-refractivity contribution in [2.24, 2.45) is 4.99 Å². The molecule has 0 bridgehead atoms. The summed E-state index contributed by atoms with van der Waals surface area (Å²) in [4.78, 5) is 22.8. The fraction of sp³-hybridized carbons (Fsp3) is 0.0714. The average Bonchev–Trinajstić information content (AvgIpc) is 3.59. The second-order valence-electron chi connectivity index (χ2n) is 8.70. The number of carbonyl (C=O) groups excluding carboxylic acids is 1. The summed E-state index contributed by atoms with van der Waals surface area (Å²) in [6.45, 7) is 1.82. The van der Waals surface area contributed by atoms with Gasteiger partial charge in [-0.15, -0.1) is 0 Å². The maximum absolute atomic E-state index is 13.6. The highest BCUT2D eigenvalue weighted by Gasteiger charge is 2.31. The van der Waals surface area contributed by atoms with E-state index in [-0.39, 0.29) is 11.9 Å². The number of aromatic nitrogens is 3. The molecule has 0 saturated carbocycles. The molecule has 1 unspecified atom stereocenters. The minimum absolute atomic E-state index is 0.286. The molecule has 3 aromatic carbocycles. The molecule has 2 aromatic heterocycles. The number of rotatable bonds is 5. The Balaban J connectivity index is 1.29. The zero-order valence-electron chi connectivity index (χ0n) is 20.2. The summed E-state index contributed by atoms with van der Waals surface area (Å²) in [7, 11) is 0. The molecule has 10 heteroatoms. The molecule has 4 N–H and O–H groups in total. The molecule has 0 radical (unpaired) electrons. The van der Waals surface area contributed by atoms with Crippen LogP contribution in [0.3, 0.4) is 0 Å². The highest BCUT2D eigenvalue weighted by atomic mass is 35.5. The van der Waals surface area contributed by atoms with Crippen molar-refractivity contribution in [2.75, 3.05) is 10.6 Å². The van der Waals surface area contributed by atoms with Gasteiger partial charge in [-0.2, -0.15) is 10.1 Å². The number of fused-ring (bicyclic) bond motifs is 1. The molecule has 38 heavy (non-hydrogen) atoms. The molecule has 9 nitrogen and oxygen atoms in total. The van der Waals surface area contributed by atoms with Gasteiger partial charge in [0.2, 0.25) is 5.96 Å². The van der Waals surface area contributed by atoms with Gasteiger partial charge < -0.3 is 15.1 Å². The normalized spacial score (nSPS) is 15.2. The van der Waals surface area contributed by atoms with Crippen LogP contribution >= 0.6 is 11.6 Å². The Morgan fingerprint density at radius 2 is 1.79 bits per heavy atom. The maximum atomic E-state index is 13.6. The van der Waals surface area contributed by atoms with Crippen molar-refractivity contribution in [2.45, 2.75) is 13.0 Å². The number of amides is 1. The minimum Gasteiger partial charge on any atom is -0.423 e. The predicted octanol–water partition coefficient (Wildman–Crippen LogP) is 5.90. The van der Waals surface area contributed by atoms with Gasteiger partial charge in [0.25, 0.3) is 5.91 Å². The number of carbonyl (C=O) groups is 1. The first kappa shape index (κ1) is 23.5. The van der Waals surface area contributed by atoms with Gasteiger partial charge in [-0.25, -0.2) is 4.99 Å². The molecule has 188 valence electrons. The topological polar surface area (TPSA) is 120 Å². The number of H-pyrrole nitrogens is 1. The first-order valence-electron chi connectivity index (χ1n) is 11.9. The molecule has 5 aromatic rings. The van der Waals surface area contributed by atoms with Crippen LogP contribution < -0.4 is 16.0 Å². The first-order valence-corrected chi connectivity index (χ1v) is 12.3. The molecule has 6 rings (SSSR count). The van der Waals surface area contributed by atoms with Gasteiger partial charge >= 0.3 is 6.01 Å². The SMILES string of the molecule is CC1=C(C(=O)Nc2ccc(-c3cn[nH]c3)cc2)C(c2ccccc2Cl)N=C(Nc2nc3ccccc3o2)N1. The molecule has 3 heterocycles. The van der Waals surface area contributed by atoms with Crippen LogP contribution in [0.2, 0.25) is 5.02 Å². The molecule has 0 saturated heterocycles. The first-order chi connectivity index (χ1) is 18.5. The van der Waals surface area contributed by atoms with Crippen LogP contribution in [0, 0.1) is 0 Å². The van der Waals surface area contributed by atoms with Crippen LogP contribution in [0.25, 0.3) is 22.2 Å². The lowest BCUT2D eigenvalue weighted by Gasteiger charge is -2.27. The zero-order chi connectivity index (χ0) is 26.1. The molecular weight excluding hydrogens is 502 g/mol. The fourth-order valence-corrected chi connectivity index (χ4v) is 4.58. The average molecular weight is 524 g/mol. The van der Waals surface area contributed by atoms with Gasteiger partial charge in [-0.3, -0.25) is 15.2 Å². The second kappa shape index (κ2) is 9.87. The third kappa shape index (κ3) is 4.62. The lowest BCUT2D eigenvalue weighted by Crippen LogP contribution is -2.37. The third-order valence-electron chi connectivity index (χ3n) is 6.18. The quantitative estimate of drug-likeness (QED) is 0.228. The number of guanidine groups is 1. The van der Waals surface area contributed by atoms with Crippen molar-refractivity contribution in [3.8, 4) is 11.1 Å². The van der Waals surface area contributed by atoms with Crippen LogP contribution in [0.5, 0.6) is 0 Å². The third-order valence-corrected chi connectivity index (χ3v) is 6.52. The lowest BCUT2D eigenvalue weighted by atomic mass is 9.95. The Morgan fingerprint density at radius 1 is 1.00 bits per heavy atom. The van der Waals surface area contributed by atoms with Crippen LogP contribution in [0.1, 0.15) is 18.5 Å². The monoisotopic (exact) mass is 523 g/mol. The molecular formula is C28H22ClN7O2. The summed E-state index contributed by atoms with van der Waals surface area (Å²) in [5.41, 5.74) is 5.74. The number of hydrogen-bond acceptors (Lipinski definition) is 7. The van der Waals surface area contributed by atoms with Gasteiger partial charge in [0.15, 0.2) is 5.58 Å². The number of benzene rings is 3. The number of nitrogens with zero attached hydrogens (tertiary/aromatic N) is 3. The lowest BCUT2D eigenvalue weighted by molar-refractivity contribution is -0.113. The van der Waals surface area contributed by atoms with Gasteiger partial charge in [-0.1, -0.05) is 54.1 Å². The summed E-state index contributed by atoms with van der Waals surface area (Å²) in [6.07, 6.45) is 3.56. The molecule has 0 spiro atoms. The number of nitrogens with one attached hydrogen (secondary N) is 4. The Hall–Kier alpha value is -4.89. The minimum atomic E-state index is -0.665. The summed E-state index contributed by atoms with van der Waals surface area (Å²) >= 11 is 6.56. The van der Waals surface area contributed by atoms with E-state index in [9.17, 15) is 4.79 Å². The van der Waals surface area contributed by atoms with E-state index in [1.807, 2.05) is 79.9 Å². The standard InChI is InChI=1S/C28H22ClN7O2/c1-16-24(26(37)33-19-12-10-17(11-13-19)18-14-30-31-15-18)25(20-6-2-3-7-21(20)29)35-27(32-16)36-28-34-22-8-4-5-9-23(22)38-28/h2-15,25H,1H3,(H,30,31)(H,33,37)(H2,32,34,35,36). The van der Waals surface area contributed by atoms with E-state index < -0.39 is 6.04 Å². The van der Waals surface area contributed by atoms with E-state index in [0.29, 0.717) is 39.1 Å². The van der Waals surface area contributed by atoms with E-state index in [0.717, 1.165) is 16.6 Å². The summed E-state index contributed by atoms with van der Waals surface area (Å²) < 4.78 is 5.79. The fourth-order valence-electron chi connectivity index (χ4n) is 4.34. The number of oxazole rings is 1. The van der Waals surface area contributed by atoms with Crippen LogP contribution in [-0.2, 0) is 4.79 Å². The van der Waals surface area contributed by atoms with E-state index in [1.165, 1.54) is 0 Å². The molecule has 1 atom stereocenters. The molecule has 1 aliphatic rings. The number of anilines is 2. The van der Waals surface area contributed by atoms with Gasteiger partial charge in [0.05, 0.1) is 11.8 Å². The van der Waals surface area contributed by atoms with E-state index in [4.69, 9.17) is 21.0 Å². The number of allylic oxidation sites excluding steroid dienone is 1.